The number of pyridine rings is 1. The van der Waals surface area contributed by atoms with Crippen LogP contribution in [0.4, 0.5) is 5.69 Å². The van der Waals surface area contributed by atoms with Crippen molar-refractivity contribution in [3.8, 4) is 0 Å². The average molecular weight is 448 g/mol. The van der Waals surface area contributed by atoms with Gasteiger partial charge in [0.15, 0.2) is 0 Å². The van der Waals surface area contributed by atoms with Crippen LogP contribution in [0.15, 0.2) is 66.7 Å². The number of anilines is 1. The minimum Gasteiger partial charge on any atom is -0.338 e. The number of rotatable bonds is 5. The summed E-state index contributed by atoms with van der Waals surface area (Å²) in [6.07, 6.45) is 2.72. The first-order valence-electron chi connectivity index (χ1n) is 10.8. The molecule has 0 unspecified atom stereocenters. The first-order valence-corrected chi connectivity index (χ1v) is 11.2. The SMILES string of the molecule is CC(=O)Nc1ccc(C(=O)N2CCC[C@@H](c3cccc(Cc4ccc(Cl)cc4)n3)C2)cc1. The second kappa shape index (κ2) is 9.96. The molecule has 0 aliphatic carbocycles. The lowest BCUT2D eigenvalue weighted by Gasteiger charge is -2.32. The lowest BCUT2D eigenvalue weighted by atomic mass is 9.93. The van der Waals surface area contributed by atoms with Gasteiger partial charge in [-0.2, -0.15) is 0 Å². The molecule has 0 bridgehead atoms. The molecule has 1 aliphatic rings. The molecule has 5 nitrogen and oxygen atoms in total. The molecule has 3 aromatic rings. The van der Waals surface area contributed by atoms with E-state index in [2.05, 4.69) is 17.4 Å². The van der Waals surface area contributed by atoms with E-state index < -0.39 is 0 Å². The number of halogens is 1. The number of benzene rings is 2. The molecule has 4 rings (SSSR count). The summed E-state index contributed by atoms with van der Waals surface area (Å²) in [4.78, 5) is 31.1. The molecule has 1 saturated heterocycles. The Morgan fingerprint density at radius 1 is 1.06 bits per heavy atom. The van der Waals surface area contributed by atoms with Crippen LogP contribution in [0.3, 0.4) is 0 Å². The maximum Gasteiger partial charge on any atom is 0.253 e. The van der Waals surface area contributed by atoms with Gasteiger partial charge < -0.3 is 10.2 Å². The number of aromatic nitrogens is 1. The van der Waals surface area contributed by atoms with E-state index in [0.717, 1.165) is 42.2 Å². The topological polar surface area (TPSA) is 62.3 Å². The normalized spacial score (nSPS) is 15.9. The van der Waals surface area contributed by atoms with Crippen LogP contribution in [0.25, 0.3) is 0 Å². The van der Waals surface area contributed by atoms with Crippen molar-refractivity contribution in [1.82, 2.24) is 9.88 Å². The molecule has 1 fully saturated rings. The van der Waals surface area contributed by atoms with Crippen molar-refractivity contribution in [3.63, 3.8) is 0 Å². The van der Waals surface area contributed by atoms with E-state index >= 15 is 0 Å². The third-order valence-electron chi connectivity index (χ3n) is 5.71. The molecule has 1 aliphatic heterocycles. The fraction of sp³-hybridized carbons (Fsp3) is 0.269. The number of hydrogen-bond donors (Lipinski definition) is 1. The molecule has 0 radical (unpaired) electrons. The fourth-order valence-corrected chi connectivity index (χ4v) is 4.25. The van der Waals surface area contributed by atoms with Crippen LogP contribution in [0.1, 0.15) is 53.0 Å². The third kappa shape index (κ3) is 5.54. The van der Waals surface area contributed by atoms with Crippen molar-refractivity contribution in [2.75, 3.05) is 18.4 Å². The number of likely N-dealkylation sites (tertiary alicyclic amines) is 1. The third-order valence-corrected chi connectivity index (χ3v) is 5.96. The summed E-state index contributed by atoms with van der Waals surface area (Å²) >= 11 is 5.99. The molecule has 2 amide bonds. The van der Waals surface area contributed by atoms with E-state index in [-0.39, 0.29) is 17.7 Å². The average Bonchev–Trinajstić information content (AvgIpc) is 2.80. The van der Waals surface area contributed by atoms with Gasteiger partial charge in [-0.1, -0.05) is 29.8 Å². The molecule has 0 saturated carbocycles. The van der Waals surface area contributed by atoms with Gasteiger partial charge in [-0.25, -0.2) is 0 Å². The molecule has 0 spiro atoms. The van der Waals surface area contributed by atoms with Crippen LogP contribution in [0.5, 0.6) is 0 Å². The van der Waals surface area contributed by atoms with Gasteiger partial charge in [0, 0.05) is 60.0 Å². The van der Waals surface area contributed by atoms with E-state index in [1.165, 1.54) is 12.5 Å². The molecule has 1 aromatic heterocycles. The lowest BCUT2D eigenvalue weighted by molar-refractivity contribution is -0.114. The van der Waals surface area contributed by atoms with Crippen LogP contribution < -0.4 is 5.32 Å². The van der Waals surface area contributed by atoms with Crippen molar-refractivity contribution in [2.45, 2.75) is 32.1 Å². The van der Waals surface area contributed by atoms with Crippen LogP contribution in [-0.2, 0) is 11.2 Å². The second-order valence-electron chi connectivity index (χ2n) is 8.21. The zero-order chi connectivity index (χ0) is 22.5. The number of amides is 2. The van der Waals surface area contributed by atoms with Crippen molar-refractivity contribution in [2.24, 2.45) is 0 Å². The number of nitrogens with one attached hydrogen (secondary N) is 1. The highest BCUT2D eigenvalue weighted by molar-refractivity contribution is 6.30. The second-order valence-corrected chi connectivity index (χ2v) is 8.64. The Morgan fingerprint density at radius 3 is 2.53 bits per heavy atom. The minimum absolute atomic E-state index is 0.0152. The summed E-state index contributed by atoms with van der Waals surface area (Å²) in [6, 6.07) is 21.0. The van der Waals surface area contributed by atoms with Crippen molar-refractivity contribution < 1.29 is 9.59 Å². The Bertz CT molecular complexity index is 1100. The van der Waals surface area contributed by atoms with Crippen LogP contribution >= 0.6 is 11.6 Å². The monoisotopic (exact) mass is 447 g/mol. The Labute approximate surface area is 193 Å². The molecule has 2 heterocycles. The highest BCUT2D eigenvalue weighted by atomic mass is 35.5. The zero-order valence-corrected chi connectivity index (χ0v) is 18.8. The molecule has 6 heteroatoms. The quantitative estimate of drug-likeness (QED) is 0.577. The fourth-order valence-electron chi connectivity index (χ4n) is 4.12. The predicted octanol–water partition coefficient (Wildman–Crippen LogP) is 5.30. The van der Waals surface area contributed by atoms with E-state index in [9.17, 15) is 9.59 Å². The maximum atomic E-state index is 13.1. The van der Waals surface area contributed by atoms with E-state index in [1.54, 1.807) is 24.3 Å². The zero-order valence-electron chi connectivity index (χ0n) is 18.1. The Hall–Kier alpha value is -3.18. The van der Waals surface area contributed by atoms with Crippen LogP contribution in [-0.4, -0.2) is 34.8 Å². The highest BCUT2D eigenvalue weighted by Gasteiger charge is 2.26. The van der Waals surface area contributed by atoms with Gasteiger partial charge in [0.1, 0.15) is 0 Å². The smallest absolute Gasteiger partial charge is 0.253 e. The summed E-state index contributed by atoms with van der Waals surface area (Å²) < 4.78 is 0. The van der Waals surface area contributed by atoms with E-state index in [0.29, 0.717) is 17.8 Å². The molecular formula is C26H26ClN3O2. The number of nitrogens with zero attached hydrogens (tertiary/aromatic N) is 2. The van der Waals surface area contributed by atoms with Gasteiger partial charge in [0.05, 0.1) is 0 Å². The highest BCUT2D eigenvalue weighted by Crippen LogP contribution is 2.27. The molecule has 1 atom stereocenters. The summed E-state index contributed by atoms with van der Waals surface area (Å²) in [5.41, 5.74) is 4.54. The van der Waals surface area contributed by atoms with Crippen molar-refractivity contribution in [3.05, 3.63) is 94.3 Å². The lowest BCUT2D eigenvalue weighted by Crippen LogP contribution is -2.39. The predicted molar refractivity (Wildman–Crippen MR) is 127 cm³/mol. The van der Waals surface area contributed by atoms with E-state index in [1.807, 2.05) is 35.2 Å². The molecule has 1 N–H and O–H groups in total. The molecule has 32 heavy (non-hydrogen) atoms. The first-order chi connectivity index (χ1) is 15.5. The van der Waals surface area contributed by atoms with Gasteiger partial charge in [-0.15, -0.1) is 0 Å². The Kier molecular flexibility index (Phi) is 6.86. The molecule has 164 valence electrons. The van der Waals surface area contributed by atoms with Gasteiger partial charge in [0.2, 0.25) is 5.91 Å². The Balaban J connectivity index is 1.44. The van der Waals surface area contributed by atoms with E-state index in [4.69, 9.17) is 16.6 Å². The molecular weight excluding hydrogens is 422 g/mol. The molecule has 2 aromatic carbocycles. The maximum absolute atomic E-state index is 13.1. The van der Waals surface area contributed by atoms with Crippen LogP contribution in [0, 0.1) is 0 Å². The Morgan fingerprint density at radius 2 is 1.81 bits per heavy atom. The van der Waals surface area contributed by atoms with Gasteiger partial charge >= 0.3 is 0 Å². The van der Waals surface area contributed by atoms with Crippen molar-refractivity contribution >= 4 is 29.1 Å². The van der Waals surface area contributed by atoms with Gasteiger partial charge in [0.25, 0.3) is 5.91 Å². The number of carbonyl (C=O) groups is 2. The number of piperidine rings is 1. The summed E-state index contributed by atoms with van der Waals surface area (Å²) in [6.45, 7) is 2.86. The number of hydrogen-bond acceptors (Lipinski definition) is 3. The summed E-state index contributed by atoms with van der Waals surface area (Å²) in [5.74, 6) is 0.103. The summed E-state index contributed by atoms with van der Waals surface area (Å²) in [7, 11) is 0. The first kappa shape index (κ1) is 22.0. The van der Waals surface area contributed by atoms with Gasteiger partial charge in [-0.3, -0.25) is 14.6 Å². The standard InChI is InChI=1S/C26H26ClN3O2/c1-18(31)28-23-13-9-20(10-14-23)26(32)30-15-3-4-21(17-30)25-6-2-5-24(29-25)16-19-7-11-22(27)12-8-19/h2,5-14,21H,3-4,15-17H2,1H3,(H,28,31)/t21-/m1/s1. The van der Waals surface area contributed by atoms with Crippen molar-refractivity contribution in [1.29, 1.82) is 0 Å². The summed E-state index contributed by atoms with van der Waals surface area (Å²) in [5, 5.41) is 3.45. The number of carbonyl (C=O) groups excluding carboxylic acids is 2. The minimum atomic E-state index is -0.131. The van der Waals surface area contributed by atoms with Gasteiger partial charge in [-0.05, 0) is 66.9 Å². The largest absolute Gasteiger partial charge is 0.338 e. The van der Waals surface area contributed by atoms with Crippen LogP contribution in [0.2, 0.25) is 5.02 Å².